The minimum Gasteiger partial charge on any atom is -0.491 e. The Morgan fingerprint density at radius 1 is 1.11 bits per heavy atom. The van der Waals surface area contributed by atoms with E-state index in [0.717, 1.165) is 11.3 Å². The Morgan fingerprint density at radius 3 is 2.63 bits per heavy atom. The minimum absolute atomic E-state index is 0.225. The quantitative estimate of drug-likeness (QED) is 0.647. The lowest BCUT2D eigenvalue weighted by Gasteiger charge is -2.10. The molecule has 1 aromatic heterocycles. The van der Waals surface area contributed by atoms with Gasteiger partial charge in [0.05, 0.1) is 17.7 Å². The number of amides is 1. The van der Waals surface area contributed by atoms with Crippen molar-refractivity contribution in [3.05, 3.63) is 71.2 Å². The van der Waals surface area contributed by atoms with Crippen LogP contribution in [0.25, 0.3) is 10.9 Å². The van der Waals surface area contributed by atoms with Crippen LogP contribution < -0.4 is 10.1 Å². The summed E-state index contributed by atoms with van der Waals surface area (Å²) in [5.74, 6) is 0.150. The number of fused-ring (bicyclic) bond motifs is 1. The molecular weight excluding hydrogens is 347 g/mol. The number of carbonyl (C=O) groups is 1. The van der Waals surface area contributed by atoms with Crippen molar-refractivity contribution in [1.29, 1.82) is 0 Å². The molecule has 0 radical (unpaired) electrons. The molecule has 3 aromatic rings. The van der Waals surface area contributed by atoms with Crippen LogP contribution in [0.3, 0.4) is 0 Å². The van der Waals surface area contributed by atoms with Crippen molar-refractivity contribution in [3.63, 3.8) is 0 Å². The van der Waals surface area contributed by atoms with Gasteiger partial charge < -0.3 is 14.8 Å². The van der Waals surface area contributed by atoms with Crippen LogP contribution >= 0.6 is 0 Å². The monoisotopic (exact) mass is 368 g/mol. The van der Waals surface area contributed by atoms with Crippen LogP contribution in [0.15, 0.2) is 48.5 Å². The molecule has 0 saturated heterocycles. The van der Waals surface area contributed by atoms with Gasteiger partial charge in [-0.1, -0.05) is 12.1 Å². The van der Waals surface area contributed by atoms with Crippen molar-refractivity contribution < 1.29 is 18.7 Å². The normalized spacial score (nSPS) is 10.8. The predicted octanol–water partition coefficient (Wildman–Crippen LogP) is 3.64. The number of carbonyl (C=O) groups excluding carboxylic acids is 1. The standard InChI is InChI=1S/C21H21FN2O3/c1-14-11-19(18-8-5-16(22)12-20(18)24-14)21(25)23-13-15-3-6-17(7-4-15)27-10-9-26-2/h3-8,11-12H,9-10,13H2,1-2H3,(H,23,25). The molecule has 6 heteroatoms. The number of nitrogens with one attached hydrogen (secondary N) is 1. The van der Waals surface area contributed by atoms with Gasteiger partial charge in [-0.25, -0.2) is 4.39 Å². The molecule has 0 fully saturated rings. The van der Waals surface area contributed by atoms with Crippen molar-refractivity contribution in [2.75, 3.05) is 20.3 Å². The van der Waals surface area contributed by atoms with Gasteiger partial charge in [-0.05, 0) is 42.8 Å². The van der Waals surface area contributed by atoms with E-state index in [1.165, 1.54) is 12.1 Å². The SMILES string of the molecule is COCCOc1ccc(CNC(=O)c2cc(C)nc3cc(F)ccc23)cc1. The Labute approximate surface area is 157 Å². The summed E-state index contributed by atoms with van der Waals surface area (Å²) in [4.78, 5) is 16.9. The van der Waals surface area contributed by atoms with Crippen molar-refractivity contribution in [2.45, 2.75) is 13.5 Å². The van der Waals surface area contributed by atoms with E-state index in [-0.39, 0.29) is 11.7 Å². The zero-order chi connectivity index (χ0) is 19.2. The number of pyridine rings is 1. The molecular formula is C21H21FN2O3. The van der Waals surface area contributed by atoms with Gasteiger partial charge in [0, 0.05) is 30.8 Å². The summed E-state index contributed by atoms with van der Waals surface area (Å²) in [6.07, 6.45) is 0. The molecule has 2 aromatic carbocycles. The molecule has 0 aliphatic carbocycles. The topological polar surface area (TPSA) is 60.5 Å². The average Bonchev–Trinajstić information content (AvgIpc) is 2.66. The van der Waals surface area contributed by atoms with Crippen LogP contribution in [-0.2, 0) is 11.3 Å². The number of halogens is 1. The molecule has 1 heterocycles. The van der Waals surface area contributed by atoms with Gasteiger partial charge in [0.15, 0.2) is 0 Å². The van der Waals surface area contributed by atoms with E-state index in [9.17, 15) is 9.18 Å². The van der Waals surface area contributed by atoms with E-state index >= 15 is 0 Å². The fraction of sp³-hybridized carbons (Fsp3) is 0.238. The fourth-order valence-electron chi connectivity index (χ4n) is 2.75. The summed E-state index contributed by atoms with van der Waals surface area (Å²) in [5.41, 5.74) is 2.56. The highest BCUT2D eigenvalue weighted by atomic mass is 19.1. The maximum absolute atomic E-state index is 13.4. The van der Waals surface area contributed by atoms with Crippen molar-refractivity contribution in [1.82, 2.24) is 10.3 Å². The molecule has 140 valence electrons. The molecule has 0 bridgehead atoms. The van der Waals surface area contributed by atoms with Crippen LogP contribution in [0.4, 0.5) is 4.39 Å². The predicted molar refractivity (Wildman–Crippen MR) is 101 cm³/mol. The first-order chi connectivity index (χ1) is 13.1. The minimum atomic E-state index is -0.375. The van der Waals surface area contributed by atoms with Gasteiger partial charge >= 0.3 is 0 Å². The lowest BCUT2D eigenvalue weighted by atomic mass is 10.1. The number of ether oxygens (including phenoxy) is 2. The third-order valence-corrected chi connectivity index (χ3v) is 4.08. The molecule has 0 aliphatic rings. The highest BCUT2D eigenvalue weighted by Gasteiger charge is 2.12. The third-order valence-electron chi connectivity index (χ3n) is 4.08. The lowest BCUT2D eigenvalue weighted by molar-refractivity contribution is 0.0952. The summed E-state index contributed by atoms with van der Waals surface area (Å²) in [5, 5.41) is 3.53. The Kier molecular flexibility index (Phi) is 5.98. The Hall–Kier alpha value is -2.99. The number of nitrogens with zero attached hydrogens (tertiary/aromatic N) is 1. The van der Waals surface area contributed by atoms with Crippen LogP contribution in [0.1, 0.15) is 21.6 Å². The van der Waals surface area contributed by atoms with Crippen LogP contribution in [0, 0.1) is 12.7 Å². The molecule has 0 aliphatic heterocycles. The van der Waals surface area contributed by atoms with Gasteiger partial charge in [0.25, 0.3) is 5.91 Å². The molecule has 0 unspecified atom stereocenters. The maximum atomic E-state index is 13.4. The van der Waals surface area contributed by atoms with E-state index in [2.05, 4.69) is 10.3 Å². The number of aryl methyl sites for hydroxylation is 1. The summed E-state index contributed by atoms with van der Waals surface area (Å²) in [6.45, 7) is 3.17. The number of hydrogen-bond acceptors (Lipinski definition) is 4. The van der Waals surface area contributed by atoms with Gasteiger partial charge in [0.1, 0.15) is 18.2 Å². The van der Waals surface area contributed by atoms with Crippen LogP contribution in [0.5, 0.6) is 5.75 Å². The molecule has 0 saturated carbocycles. The Bertz CT molecular complexity index is 937. The smallest absolute Gasteiger partial charge is 0.252 e. The van der Waals surface area contributed by atoms with E-state index in [1.54, 1.807) is 26.2 Å². The van der Waals surface area contributed by atoms with Gasteiger partial charge in [-0.3, -0.25) is 9.78 Å². The van der Waals surface area contributed by atoms with E-state index in [0.29, 0.717) is 41.9 Å². The summed E-state index contributed by atoms with van der Waals surface area (Å²) < 4.78 is 23.9. The second kappa shape index (κ2) is 8.60. The number of rotatable bonds is 7. The second-order valence-electron chi connectivity index (χ2n) is 6.14. The van der Waals surface area contributed by atoms with Crippen molar-refractivity contribution in [3.8, 4) is 5.75 Å². The van der Waals surface area contributed by atoms with Gasteiger partial charge in [-0.15, -0.1) is 0 Å². The van der Waals surface area contributed by atoms with Crippen LogP contribution in [0.2, 0.25) is 0 Å². The van der Waals surface area contributed by atoms with Gasteiger partial charge in [0.2, 0.25) is 0 Å². The highest BCUT2D eigenvalue weighted by molar-refractivity contribution is 6.06. The van der Waals surface area contributed by atoms with E-state index < -0.39 is 0 Å². The molecule has 0 spiro atoms. The average molecular weight is 368 g/mol. The molecule has 3 rings (SSSR count). The largest absolute Gasteiger partial charge is 0.491 e. The van der Waals surface area contributed by atoms with Crippen molar-refractivity contribution in [2.24, 2.45) is 0 Å². The molecule has 27 heavy (non-hydrogen) atoms. The molecule has 5 nitrogen and oxygen atoms in total. The second-order valence-corrected chi connectivity index (χ2v) is 6.14. The van der Waals surface area contributed by atoms with E-state index in [4.69, 9.17) is 9.47 Å². The molecule has 1 N–H and O–H groups in total. The van der Waals surface area contributed by atoms with Crippen LogP contribution in [-0.4, -0.2) is 31.2 Å². The Morgan fingerprint density at radius 2 is 1.89 bits per heavy atom. The number of aromatic nitrogens is 1. The van der Waals surface area contributed by atoms with Crippen molar-refractivity contribution >= 4 is 16.8 Å². The molecule has 0 atom stereocenters. The maximum Gasteiger partial charge on any atom is 0.252 e. The first-order valence-corrected chi connectivity index (χ1v) is 8.62. The third kappa shape index (κ3) is 4.80. The number of methoxy groups -OCH3 is 1. The molecule has 1 amide bonds. The zero-order valence-corrected chi connectivity index (χ0v) is 15.3. The highest BCUT2D eigenvalue weighted by Crippen LogP contribution is 2.20. The number of benzene rings is 2. The lowest BCUT2D eigenvalue weighted by Crippen LogP contribution is -2.23. The first kappa shape index (κ1) is 18.8. The summed E-state index contributed by atoms with van der Waals surface area (Å²) in [7, 11) is 1.62. The first-order valence-electron chi connectivity index (χ1n) is 8.62. The summed E-state index contributed by atoms with van der Waals surface area (Å²) >= 11 is 0. The zero-order valence-electron chi connectivity index (χ0n) is 15.3. The van der Waals surface area contributed by atoms with E-state index in [1.807, 2.05) is 24.3 Å². The van der Waals surface area contributed by atoms with Gasteiger partial charge in [-0.2, -0.15) is 0 Å². The number of hydrogen-bond donors (Lipinski definition) is 1. The fourth-order valence-corrected chi connectivity index (χ4v) is 2.75. The summed E-state index contributed by atoms with van der Waals surface area (Å²) in [6, 6.07) is 13.5. The Balaban J connectivity index is 1.68.